The maximum atomic E-state index is 12.4. The van der Waals surface area contributed by atoms with Crippen LogP contribution in [0.15, 0.2) is 65.5 Å². The molecule has 0 saturated carbocycles. The van der Waals surface area contributed by atoms with Crippen LogP contribution in [0, 0.1) is 0 Å². The topological polar surface area (TPSA) is 70.4 Å². The van der Waals surface area contributed by atoms with Crippen molar-refractivity contribution in [1.29, 1.82) is 0 Å². The molecule has 26 heavy (non-hydrogen) atoms. The van der Waals surface area contributed by atoms with Crippen LogP contribution in [0.2, 0.25) is 0 Å². The number of carbonyl (C=O) groups is 1. The normalized spacial score (nSPS) is 10.4. The van der Waals surface area contributed by atoms with E-state index >= 15 is 0 Å². The summed E-state index contributed by atoms with van der Waals surface area (Å²) < 4.78 is 11.7. The smallest absolute Gasteiger partial charge is 0.362 e. The van der Waals surface area contributed by atoms with Crippen LogP contribution in [0.5, 0.6) is 5.75 Å². The second kappa shape index (κ2) is 7.65. The number of aromatic nitrogens is 2. The minimum atomic E-state index is -0.737. The molecule has 1 heterocycles. The van der Waals surface area contributed by atoms with Crippen LogP contribution in [0.3, 0.4) is 0 Å². The molecule has 0 spiro atoms. The molecule has 2 aromatic carbocycles. The number of rotatable bonds is 5. The lowest BCUT2D eigenvalue weighted by molar-refractivity contribution is 0.0515. The van der Waals surface area contributed by atoms with Crippen molar-refractivity contribution in [3.63, 3.8) is 0 Å². The van der Waals surface area contributed by atoms with Crippen LogP contribution in [-0.4, -0.2) is 29.5 Å². The van der Waals surface area contributed by atoms with Gasteiger partial charge in [0.1, 0.15) is 5.75 Å². The molecule has 0 aliphatic heterocycles. The summed E-state index contributed by atoms with van der Waals surface area (Å²) in [4.78, 5) is 24.5. The third-order valence-electron chi connectivity index (χ3n) is 3.78. The van der Waals surface area contributed by atoms with Gasteiger partial charge in [-0.05, 0) is 31.2 Å². The molecule has 0 amide bonds. The zero-order valence-electron chi connectivity index (χ0n) is 14.5. The van der Waals surface area contributed by atoms with Gasteiger partial charge in [-0.2, -0.15) is 5.10 Å². The molecule has 0 aliphatic rings. The predicted octanol–water partition coefficient (Wildman–Crippen LogP) is 3.08. The fourth-order valence-corrected chi connectivity index (χ4v) is 2.53. The van der Waals surface area contributed by atoms with E-state index in [1.54, 1.807) is 43.0 Å². The standard InChI is InChI=1S/C20H18N2O4/c1-3-26-20(24)19-18(23)13-17(14-7-5-4-6-8-14)22(21-19)15-9-11-16(25-2)12-10-15/h4-13H,3H2,1-2H3. The first-order valence-electron chi connectivity index (χ1n) is 8.15. The Bertz CT molecular complexity index is 963. The third-order valence-corrected chi connectivity index (χ3v) is 3.78. The zero-order chi connectivity index (χ0) is 18.5. The first kappa shape index (κ1) is 17.4. The van der Waals surface area contributed by atoms with Gasteiger partial charge in [-0.15, -0.1) is 0 Å². The molecule has 0 N–H and O–H groups in total. The molecule has 132 valence electrons. The van der Waals surface area contributed by atoms with E-state index in [1.165, 1.54) is 6.07 Å². The molecule has 0 aliphatic carbocycles. The van der Waals surface area contributed by atoms with E-state index in [-0.39, 0.29) is 12.3 Å². The molecule has 1 aromatic heterocycles. The number of ether oxygens (including phenoxy) is 2. The summed E-state index contributed by atoms with van der Waals surface area (Å²) in [5.41, 5.74) is 1.35. The van der Waals surface area contributed by atoms with E-state index < -0.39 is 11.4 Å². The number of carbonyl (C=O) groups excluding carboxylic acids is 1. The van der Waals surface area contributed by atoms with Crippen LogP contribution in [-0.2, 0) is 4.74 Å². The van der Waals surface area contributed by atoms with Crippen molar-refractivity contribution in [3.05, 3.63) is 76.6 Å². The van der Waals surface area contributed by atoms with Gasteiger partial charge in [0, 0.05) is 11.6 Å². The predicted molar refractivity (Wildman–Crippen MR) is 97.8 cm³/mol. The molecular weight excluding hydrogens is 332 g/mol. The molecule has 3 rings (SSSR count). The summed E-state index contributed by atoms with van der Waals surface area (Å²) in [6.45, 7) is 1.85. The number of hydrogen-bond donors (Lipinski definition) is 0. The lowest BCUT2D eigenvalue weighted by Crippen LogP contribution is -2.24. The summed E-state index contributed by atoms with van der Waals surface area (Å²) in [5, 5.41) is 4.28. The van der Waals surface area contributed by atoms with Gasteiger partial charge in [0.15, 0.2) is 0 Å². The fourth-order valence-electron chi connectivity index (χ4n) is 2.53. The summed E-state index contributed by atoms with van der Waals surface area (Å²) >= 11 is 0. The van der Waals surface area contributed by atoms with Gasteiger partial charge in [-0.3, -0.25) is 4.79 Å². The molecule has 6 nitrogen and oxygen atoms in total. The van der Waals surface area contributed by atoms with Crippen LogP contribution in [0.1, 0.15) is 17.4 Å². The minimum absolute atomic E-state index is 0.170. The maximum absolute atomic E-state index is 12.4. The first-order chi connectivity index (χ1) is 12.6. The first-order valence-corrected chi connectivity index (χ1v) is 8.15. The van der Waals surface area contributed by atoms with E-state index in [9.17, 15) is 9.59 Å². The summed E-state index contributed by atoms with van der Waals surface area (Å²) in [7, 11) is 1.58. The minimum Gasteiger partial charge on any atom is -0.497 e. The Morgan fingerprint density at radius 3 is 2.38 bits per heavy atom. The van der Waals surface area contributed by atoms with E-state index in [1.807, 2.05) is 30.3 Å². The number of benzene rings is 2. The maximum Gasteiger partial charge on any atom is 0.362 e. The van der Waals surface area contributed by atoms with Crippen molar-refractivity contribution in [1.82, 2.24) is 9.78 Å². The Balaban J connectivity index is 2.21. The molecular formula is C20H18N2O4. The summed E-state index contributed by atoms with van der Waals surface area (Å²) in [6, 6.07) is 18.0. The molecule has 0 saturated heterocycles. The fraction of sp³-hybridized carbons (Fsp3) is 0.150. The molecule has 0 unspecified atom stereocenters. The molecule has 0 fully saturated rings. The van der Waals surface area contributed by atoms with Gasteiger partial charge in [-0.1, -0.05) is 30.3 Å². The Morgan fingerprint density at radius 2 is 1.77 bits per heavy atom. The molecule has 0 atom stereocenters. The van der Waals surface area contributed by atoms with Gasteiger partial charge in [0.2, 0.25) is 11.1 Å². The Kier molecular flexibility index (Phi) is 5.12. The van der Waals surface area contributed by atoms with Crippen LogP contribution in [0.4, 0.5) is 0 Å². The quantitative estimate of drug-likeness (QED) is 0.661. The van der Waals surface area contributed by atoms with Crippen molar-refractivity contribution in [3.8, 4) is 22.7 Å². The van der Waals surface area contributed by atoms with Gasteiger partial charge >= 0.3 is 5.97 Å². The van der Waals surface area contributed by atoms with Gasteiger partial charge < -0.3 is 9.47 Å². The van der Waals surface area contributed by atoms with E-state index in [0.29, 0.717) is 17.1 Å². The van der Waals surface area contributed by atoms with Gasteiger partial charge in [-0.25, -0.2) is 9.48 Å². The van der Waals surface area contributed by atoms with Crippen molar-refractivity contribution < 1.29 is 14.3 Å². The highest BCUT2D eigenvalue weighted by Crippen LogP contribution is 2.22. The van der Waals surface area contributed by atoms with Crippen molar-refractivity contribution in [2.24, 2.45) is 0 Å². The van der Waals surface area contributed by atoms with Crippen LogP contribution < -0.4 is 10.2 Å². The Labute approximate surface area is 150 Å². The number of esters is 1. The van der Waals surface area contributed by atoms with Gasteiger partial charge in [0.25, 0.3) is 0 Å². The third kappa shape index (κ3) is 3.49. The van der Waals surface area contributed by atoms with Crippen molar-refractivity contribution >= 4 is 5.97 Å². The van der Waals surface area contributed by atoms with Crippen LogP contribution in [0.25, 0.3) is 16.9 Å². The highest BCUT2D eigenvalue weighted by molar-refractivity contribution is 5.87. The molecule has 6 heteroatoms. The average Bonchev–Trinajstić information content (AvgIpc) is 2.68. The van der Waals surface area contributed by atoms with Crippen molar-refractivity contribution in [2.45, 2.75) is 6.92 Å². The highest BCUT2D eigenvalue weighted by Gasteiger charge is 2.18. The zero-order valence-corrected chi connectivity index (χ0v) is 14.5. The number of nitrogens with zero attached hydrogens (tertiary/aromatic N) is 2. The largest absolute Gasteiger partial charge is 0.497 e. The monoisotopic (exact) mass is 350 g/mol. The van der Waals surface area contributed by atoms with Crippen molar-refractivity contribution in [2.75, 3.05) is 13.7 Å². The summed E-state index contributed by atoms with van der Waals surface area (Å²) in [6.07, 6.45) is 0. The number of hydrogen-bond acceptors (Lipinski definition) is 5. The molecule has 0 bridgehead atoms. The lowest BCUT2D eigenvalue weighted by Gasteiger charge is -2.14. The molecule has 3 aromatic rings. The average molecular weight is 350 g/mol. The summed E-state index contributed by atoms with van der Waals surface area (Å²) in [5.74, 6) is -0.0407. The SMILES string of the molecule is CCOC(=O)c1nn(-c2ccc(OC)cc2)c(-c2ccccc2)cc1=O. The lowest BCUT2D eigenvalue weighted by atomic mass is 10.1. The van der Waals surface area contributed by atoms with Gasteiger partial charge in [0.05, 0.1) is 25.1 Å². The van der Waals surface area contributed by atoms with Crippen LogP contribution >= 0.6 is 0 Å². The van der Waals surface area contributed by atoms with E-state index in [0.717, 1.165) is 5.56 Å². The number of methoxy groups -OCH3 is 1. The highest BCUT2D eigenvalue weighted by atomic mass is 16.5. The second-order valence-corrected chi connectivity index (χ2v) is 5.44. The van der Waals surface area contributed by atoms with E-state index in [4.69, 9.17) is 9.47 Å². The Morgan fingerprint density at radius 1 is 1.08 bits per heavy atom. The Hall–Kier alpha value is -3.41. The van der Waals surface area contributed by atoms with E-state index in [2.05, 4.69) is 5.10 Å². The molecule has 0 radical (unpaired) electrons. The second-order valence-electron chi connectivity index (χ2n) is 5.44.